The molecule has 1 saturated heterocycles. The van der Waals surface area contributed by atoms with Crippen molar-refractivity contribution in [3.05, 3.63) is 29.7 Å². The fourth-order valence-electron chi connectivity index (χ4n) is 2.92. The number of halogens is 1. The SMILES string of the molecule is CCOC(=O)c1[nH]c2ccc(F)cc2c1N=NN1CCCC[C@@H]1C. The number of piperidine rings is 1. The van der Waals surface area contributed by atoms with Crippen LogP contribution < -0.4 is 0 Å². The topological polar surface area (TPSA) is 70.0 Å². The van der Waals surface area contributed by atoms with Crippen LogP contribution >= 0.6 is 0 Å². The standard InChI is InChI=1S/C17H21FN4O2/c1-3-24-17(23)16-15(13-10-12(18)7-8-14(13)19-16)20-21-22-9-5-4-6-11(22)2/h7-8,10-11,19H,3-6,9H2,1-2H3/t11-/m0/s1. The fourth-order valence-corrected chi connectivity index (χ4v) is 2.92. The summed E-state index contributed by atoms with van der Waals surface area (Å²) in [5.74, 6) is -0.908. The molecule has 1 aliphatic rings. The van der Waals surface area contributed by atoms with Gasteiger partial charge in [-0.25, -0.2) is 9.18 Å². The molecule has 1 aromatic heterocycles. The van der Waals surface area contributed by atoms with Crippen LogP contribution in [0.3, 0.4) is 0 Å². The van der Waals surface area contributed by atoms with E-state index < -0.39 is 5.97 Å². The smallest absolute Gasteiger partial charge is 0.357 e. The molecule has 0 amide bonds. The van der Waals surface area contributed by atoms with E-state index in [9.17, 15) is 9.18 Å². The first-order valence-corrected chi connectivity index (χ1v) is 8.26. The van der Waals surface area contributed by atoms with Crippen molar-refractivity contribution < 1.29 is 13.9 Å². The third-order valence-electron chi connectivity index (χ3n) is 4.24. The van der Waals surface area contributed by atoms with Gasteiger partial charge >= 0.3 is 5.97 Å². The summed E-state index contributed by atoms with van der Waals surface area (Å²) in [6.45, 7) is 4.91. The number of nitrogens with zero attached hydrogens (tertiary/aromatic N) is 3. The molecule has 2 aromatic rings. The van der Waals surface area contributed by atoms with Crippen molar-refractivity contribution in [3.8, 4) is 0 Å². The number of esters is 1. The van der Waals surface area contributed by atoms with Gasteiger partial charge in [0.25, 0.3) is 0 Å². The number of nitrogens with one attached hydrogen (secondary N) is 1. The molecule has 1 aromatic carbocycles. The largest absolute Gasteiger partial charge is 0.461 e. The van der Waals surface area contributed by atoms with Crippen molar-refractivity contribution in [2.24, 2.45) is 10.3 Å². The van der Waals surface area contributed by atoms with Crippen molar-refractivity contribution in [1.29, 1.82) is 0 Å². The quantitative estimate of drug-likeness (QED) is 0.668. The zero-order valence-corrected chi connectivity index (χ0v) is 13.9. The minimum atomic E-state index is -0.519. The Hall–Kier alpha value is -2.44. The molecule has 128 valence electrons. The summed E-state index contributed by atoms with van der Waals surface area (Å²) in [5.41, 5.74) is 1.15. The second kappa shape index (κ2) is 6.98. The van der Waals surface area contributed by atoms with E-state index in [2.05, 4.69) is 22.2 Å². The van der Waals surface area contributed by atoms with Crippen LogP contribution in [-0.4, -0.2) is 35.2 Å². The summed E-state index contributed by atoms with van der Waals surface area (Å²) in [7, 11) is 0. The zero-order chi connectivity index (χ0) is 17.1. The lowest BCUT2D eigenvalue weighted by molar-refractivity contribution is 0.0521. The van der Waals surface area contributed by atoms with Gasteiger partial charge in [0.1, 0.15) is 11.5 Å². The Bertz CT molecular complexity index is 771. The predicted molar refractivity (Wildman–Crippen MR) is 88.7 cm³/mol. The summed E-state index contributed by atoms with van der Waals surface area (Å²) in [5, 5.41) is 11.0. The Morgan fingerprint density at radius 3 is 3.04 bits per heavy atom. The number of carbonyl (C=O) groups is 1. The molecule has 1 fully saturated rings. The maximum absolute atomic E-state index is 13.6. The Morgan fingerprint density at radius 1 is 1.46 bits per heavy atom. The molecule has 1 N–H and O–H groups in total. The van der Waals surface area contributed by atoms with E-state index in [1.165, 1.54) is 18.6 Å². The van der Waals surface area contributed by atoms with E-state index in [0.29, 0.717) is 22.6 Å². The third-order valence-corrected chi connectivity index (χ3v) is 4.24. The van der Waals surface area contributed by atoms with Crippen LogP contribution in [0, 0.1) is 5.82 Å². The lowest BCUT2D eigenvalue weighted by atomic mass is 10.1. The zero-order valence-electron chi connectivity index (χ0n) is 13.9. The number of hydrogen-bond acceptors (Lipinski definition) is 4. The number of carbonyl (C=O) groups excluding carboxylic acids is 1. The minimum Gasteiger partial charge on any atom is -0.461 e. The van der Waals surface area contributed by atoms with Gasteiger partial charge in [-0.05, 0) is 51.3 Å². The normalized spacial score (nSPS) is 18.5. The van der Waals surface area contributed by atoms with Gasteiger partial charge in [-0.1, -0.05) is 5.22 Å². The Kier molecular flexibility index (Phi) is 4.78. The Balaban J connectivity index is 2.01. The molecular formula is C17H21FN4O2. The lowest BCUT2D eigenvalue weighted by Crippen LogP contribution is -2.32. The van der Waals surface area contributed by atoms with Gasteiger partial charge < -0.3 is 9.72 Å². The second-order valence-electron chi connectivity index (χ2n) is 5.96. The van der Waals surface area contributed by atoms with Crippen molar-refractivity contribution >= 4 is 22.6 Å². The maximum atomic E-state index is 13.6. The summed E-state index contributed by atoms with van der Waals surface area (Å²) < 4.78 is 18.7. The van der Waals surface area contributed by atoms with Crippen LogP contribution in [0.4, 0.5) is 10.1 Å². The van der Waals surface area contributed by atoms with Crippen LogP contribution in [0.5, 0.6) is 0 Å². The van der Waals surface area contributed by atoms with Crippen LogP contribution in [0.25, 0.3) is 10.9 Å². The monoisotopic (exact) mass is 332 g/mol. The highest BCUT2D eigenvalue weighted by Gasteiger charge is 2.21. The van der Waals surface area contributed by atoms with E-state index in [1.54, 1.807) is 13.0 Å². The van der Waals surface area contributed by atoms with Gasteiger partial charge in [0.2, 0.25) is 0 Å². The van der Waals surface area contributed by atoms with Crippen molar-refractivity contribution in [2.75, 3.05) is 13.2 Å². The molecule has 2 heterocycles. The van der Waals surface area contributed by atoms with E-state index in [4.69, 9.17) is 4.74 Å². The predicted octanol–water partition coefficient (Wildman–Crippen LogP) is 4.36. The van der Waals surface area contributed by atoms with Gasteiger partial charge in [0.15, 0.2) is 5.69 Å². The Morgan fingerprint density at radius 2 is 2.29 bits per heavy atom. The van der Waals surface area contributed by atoms with Gasteiger partial charge in [-0.3, -0.25) is 5.01 Å². The van der Waals surface area contributed by atoms with Crippen LogP contribution in [0.2, 0.25) is 0 Å². The molecule has 24 heavy (non-hydrogen) atoms. The minimum absolute atomic E-state index is 0.200. The van der Waals surface area contributed by atoms with E-state index in [0.717, 1.165) is 19.4 Å². The highest BCUT2D eigenvalue weighted by atomic mass is 19.1. The molecule has 0 bridgehead atoms. The molecule has 0 aliphatic carbocycles. The maximum Gasteiger partial charge on any atom is 0.357 e. The summed E-state index contributed by atoms with van der Waals surface area (Å²) in [6.07, 6.45) is 3.31. The average molecular weight is 332 g/mol. The number of aromatic amines is 1. The van der Waals surface area contributed by atoms with Crippen LogP contribution in [0.1, 0.15) is 43.6 Å². The fraction of sp³-hybridized carbons (Fsp3) is 0.471. The van der Waals surface area contributed by atoms with Gasteiger partial charge in [0.05, 0.1) is 6.61 Å². The highest BCUT2D eigenvalue weighted by Crippen LogP contribution is 2.32. The summed E-state index contributed by atoms with van der Waals surface area (Å²) in [4.78, 5) is 15.1. The molecule has 1 aliphatic heterocycles. The molecular weight excluding hydrogens is 311 g/mol. The first kappa shape index (κ1) is 16.4. The summed E-state index contributed by atoms with van der Waals surface area (Å²) >= 11 is 0. The van der Waals surface area contributed by atoms with Crippen molar-refractivity contribution in [2.45, 2.75) is 39.2 Å². The van der Waals surface area contributed by atoms with Crippen molar-refractivity contribution in [1.82, 2.24) is 9.99 Å². The number of hydrogen-bond donors (Lipinski definition) is 1. The van der Waals surface area contributed by atoms with Gasteiger partial charge in [-0.2, -0.15) is 0 Å². The molecule has 0 saturated carbocycles. The lowest BCUT2D eigenvalue weighted by Gasteiger charge is -2.29. The molecule has 3 rings (SSSR count). The van der Waals surface area contributed by atoms with Crippen LogP contribution in [-0.2, 0) is 4.74 Å². The van der Waals surface area contributed by atoms with Crippen LogP contribution in [0.15, 0.2) is 28.5 Å². The number of fused-ring (bicyclic) bond motifs is 1. The first-order valence-electron chi connectivity index (χ1n) is 8.26. The Labute approximate surface area is 139 Å². The average Bonchev–Trinajstić information content (AvgIpc) is 2.92. The van der Waals surface area contributed by atoms with Gasteiger partial charge in [0, 0.05) is 23.5 Å². The first-order chi connectivity index (χ1) is 11.6. The summed E-state index contributed by atoms with van der Waals surface area (Å²) in [6, 6.07) is 4.57. The third kappa shape index (κ3) is 3.25. The number of benzene rings is 1. The molecule has 6 nitrogen and oxygen atoms in total. The number of aromatic nitrogens is 1. The van der Waals surface area contributed by atoms with Crippen molar-refractivity contribution in [3.63, 3.8) is 0 Å². The number of ether oxygens (including phenoxy) is 1. The molecule has 0 unspecified atom stereocenters. The van der Waals surface area contributed by atoms with E-state index >= 15 is 0 Å². The second-order valence-corrected chi connectivity index (χ2v) is 5.96. The highest BCUT2D eigenvalue weighted by molar-refractivity contribution is 6.04. The van der Waals surface area contributed by atoms with E-state index in [-0.39, 0.29) is 18.1 Å². The molecule has 7 heteroatoms. The molecule has 0 spiro atoms. The molecule has 1 atom stereocenters. The van der Waals surface area contributed by atoms with E-state index in [1.807, 2.05) is 5.01 Å². The molecule has 0 radical (unpaired) electrons. The number of H-pyrrole nitrogens is 1. The van der Waals surface area contributed by atoms with Gasteiger partial charge in [-0.15, -0.1) is 5.11 Å². The number of rotatable bonds is 4.